The van der Waals surface area contributed by atoms with Crippen LogP contribution in [0.25, 0.3) is 0 Å². The van der Waals surface area contributed by atoms with Gasteiger partial charge in [-0.25, -0.2) is 9.97 Å². The monoisotopic (exact) mass is 367 g/mol. The van der Waals surface area contributed by atoms with Gasteiger partial charge in [0.25, 0.3) is 0 Å². The summed E-state index contributed by atoms with van der Waals surface area (Å²) in [5, 5.41) is 0. The number of carbonyl (C=O) groups is 1. The Morgan fingerprint density at radius 2 is 1.56 bits per heavy atom. The molecule has 1 aromatic heterocycles. The van der Waals surface area contributed by atoms with Gasteiger partial charge < -0.3 is 14.5 Å². The molecule has 0 saturated carbocycles. The van der Waals surface area contributed by atoms with Crippen molar-refractivity contribution >= 4 is 11.9 Å². The zero-order valence-corrected chi connectivity index (χ0v) is 15.4. The largest absolute Gasteiger partial charge is 0.378 e. The maximum Gasteiger partial charge on any atom is 0.244 e. The Labute approximate surface area is 159 Å². The second-order valence-electron chi connectivity index (χ2n) is 6.82. The van der Waals surface area contributed by atoms with Gasteiger partial charge in [0, 0.05) is 51.7 Å². The van der Waals surface area contributed by atoms with E-state index in [-0.39, 0.29) is 11.9 Å². The Kier molecular flexibility index (Phi) is 5.60. The Morgan fingerprint density at radius 3 is 2.22 bits per heavy atom. The van der Waals surface area contributed by atoms with Gasteiger partial charge in [-0.1, -0.05) is 30.3 Å². The number of hydrogen-bond acceptors (Lipinski definition) is 6. The molecule has 2 aliphatic rings. The molecular formula is C20H25N5O2. The molecule has 2 fully saturated rings. The zero-order chi connectivity index (χ0) is 18.5. The average molecular weight is 367 g/mol. The van der Waals surface area contributed by atoms with Crippen molar-refractivity contribution in [1.29, 1.82) is 0 Å². The number of benzene rings is 1. The number of hydrogen-bond donors (Lipinski definition) is 0. The zero-order valence-electron chi connectivity index (χ0n) is 15.4. The average Bonchev–Trinajstić information content (AvgIpc) is 2.76. The fourth-order valence-corrected chi connectivity index (χ4v) is 3.74. The van der Waals surface area contributed by atoms with Crippen molar-refractivity contribution < 1.29 is 9.53 Å². The molecule has 0 spiro atoms. The van der Waals surface area contributed by atoms with E-state index in [0.29, 0.717) is 26.3 Å². The van der Waals surface area contributed by atoms with Crippen molar-refractivity contribution in [3.63, 3.8) is 0 Å². The predicted octanol–water partition coefficient (Wildman–Crippen LogP) is 1.20. The molecule has 2 aromatic rings. The quantitative estimate of drug-likeness (QED) is 0.809. The first-order valence-corrected chi connectivity index (χ1v) is 9.50. The third kappa shape index (κ3) is 4.09. The molecule has 7 nitrogen and oxygen atoms in total. The highest BCUT2D eigenvalue weighted by Crippen LogP contribution is 2.26. The summed E-state index contributed by atoms with van der Waals surface area (Å²) < 4.78 is 5.42. The minimum Gasteiger partial charge on any atom is -0.378 e. The second-order valence-corrected chi connectivity index (χ2v) is 6.82. The van der Waals surface area contributed by atoms with E-state index in [1.807, 2.05) is 29.2 Å². The van der Waals surface area contributed by atoms with Crippen LogP contribution in [0.3, 0.4) is 0 Å². The maximum atomic E-state index is 13.3. The van der Waals surface area contributed by atoms with Gasteiger partial charge in [0.1, 0.15) is 6.04 Å². The molecule has 0 unspecified atom stereocenters. The first-order valence-electron chi connectivity index (χ1n) is 9.50. The standard InChI is InChI=1S/C20H25N5O2/c26-19(24-13-15-27-16-14-24)18(17-5-2-1-3-6-17)23-9-11-25(12-10-23)20-21-7-4-8-22-20/h1-8,18H,9-16H2/t18-/m0/s1. The molecular weight excluding hydrogens is 342 g/mol. The first kappa shape index (κ1) is 17.9. The molecule has 0 radical (unpaired) electrons. The van der Waals surface area contributed by atoms with Crippen molar-refractivity contribution in [2.45, 2.75) is 6.04 Å². The highest BCUT2D eigenvalue weighted by Gasteiger charge is 2.34. The smallest absolute Gasteiger partial charge is 0.244 e. The van der Waals surface area contributed by atoms with Crippen molar-refractivity contribution in [2.75, 3.05) is 57.4 Å². The predicted molar refractivity (Wildman–Crippen MR) is 102 cm³/mol. The summed E-state index contributed by atoms with van der Waals surface area (Å²) in [4.78, 5) is 28.4. The van der Waals surface area contributed by atoms with Crippen molar-refractivity contribution in [1.82, 2.24) is 19.8 Å². The van der Waals surface area contributed by atoms with Gasteiger partial charge in [-0.05, 0) is 11.6 Å². The van der Waals surface area contributed by atoms with E-state index >= 15 is 0 Å². The number of piperazine rings is 1. The normalized spacial score (nSPS) is 19.7. The Hall–Kier alpha value is -2.51. The van der Waals surface area contributed by atoms with Crippen LogP contribution < -0.4 is 4.90 Å². The molecule has 1 atom stereocenters. The van der Waals surface area contributed by atoms with Gasteiger partial charge in [-0.3, -0.25) is 9.69 Å². The number of anilines is 1. The van der Waals surface area contributed by atoms with Crippen LogP contribution in [-0.4, -0.2) is 78.2 Å². The van der Waals surface area contributed by atoms with Crippen LogP contribution >= 0.6 is 0 Å². The molecule has 1 amide bonds. The number of morpholine rings is 1. The lowest BCUT2D eigenvalue weighted by molar-refractivity contribution is -0.141. The van der Waals surface area contributed by atoms with Crippen LogP contribution in [0.15, 0.2) is 48.8 Å². The third-order valence-electron chi connectivity index (χ3n) is 5.19. The lowest BCUT2D eigenvalue weighted by Crippen LogP contribution is -2.53. The van der Waals surface area contributed by atoms with Crippen LogP contribution in [0.1, 0.15) is 11.6 Å². The van der Waals surface area contributed by atoms with Crippen LogP contribution in [-0.2, 0) is 9.53 Å². The summed E-state index contributed by atoms with van der Waals surface area (Å²) in [5.74, 6) is 0.932. The first-order chi connectivity index (χ1) is 13.3. The summed E-state index contributed by atoms with van der Waals surface area (Å²) in [6.45, 7) is 5.79. The van der Waals surface area contributed by atoms with E-state index in [4.69, 9.17) is 4.74 Å². The highest BCUT2D eigenvalue weighted by molar-refractivity contribution is 5.83. The SMILES string of the molecule is O=C([C@H](c1ccccc1)N1CCN(c2ncccn2)CC1)N1CCOCC1. The topological polar surface area (TPSA) is 61.8 Å². The molecule has 27 heavy (non-hydrogen) atoms. The van der Waals surface area contributed by atoms with Crippen LogP contribution in [0.2, 0.25) is 0 Å². The number of nitrogens with zero attached hydrogens (tertiary/aromatic N) is 5. The van der Waals surface area contributed by atoms with E-state index in [0.717, 1.165) is 37.7 Å². The molecule has 3 heterocycles. The number of carbonyl (C=O) groups excluding carboxylic acids is 1. The van der Waals surface area contributed by atoms with E-state index in [2.05, 4.69) is 31.9 Å². The second kappa shape index (κ2) is 8.45. The lowest BCUT2D eigenvalue weighted by atomic mass is 10.0. The fraction of sp³-hybridized carbons (Fsp3) is 0.450. The molecule has 1 aromatic carbocycles. The lowest BCUT2D eigenvalue weighted by Gasteiger charge is -2.41. The minimum absolute atomic E-state index is 0.175. The van der Waals surface area contributed by atoms with Gasteiger partial charge in [-0.15, -0.1) is 0 Å². The Morgan fingerprint density at radius 1 is 0.889 bits per heavy atom. The van der Waals surface area contributed by atoms with Gasteiger partial charge >= 0.3 is 0 Å². The van der Waals surface area contributed by atoms with Crippen molar-refractivity contribution in [3.05, 3.63) is 54.4 Å². The molecule has 7 heteroatoms. The van der Waals surface area contributed by atoms with E-state index < -0.39 is 0 Å². The summed E-state index contributed by atoms with van der Waals surface area (Å²) in [5.41, 5.74) is 1.05. The molecule has 0 aliphatic carbocycles. The fourth-order valence-electron chi connectivity index (χ4n) is 3.74. The third-order valence-corrected chi connectivity index (χ3v) is 5.19. The summed E-state index contributed by atoms with van der Waals surface area (Å²) in [6.07, 6.45) is 3.53. The van der Waals surface area contributed by atoms with E-state index in [9.17, 15) is 4.79 Å². The summed E-state index contributed by atoms with van der Waals surface area (Å²) in [6, 6.07) is 11.7. The number of amides is 1. The number of ether oxygens (including phenoxy) is 1. The van der Waals surface area contributed by atoms with Crippen LogP contribution in [0.5, 0.6) is 0 Å². The van der Waals surface area contributed by atoms with E-state index in [1.165, 1.54) is 0 Å². The Bertz CT molecular complexity index is 729. The van der Waals surface area contributed by atoms with Crippen molar-refractivity contribution in [3.8, 4) is 0 Å². The van der Waals surface area contributed by atoms with Crippen molar-refractivity contribution in [2.24, 2.45) is 0 Å². The van der Waals surface area contributed by atoms with Crippen LogP contribution in [0.4, 0.5) is 5.95 Å². The Balaban J connectivity index is 1.50. The minimum atomic E-state index is -0.247. The number of rotatable bonds is 4. The summed E-state index contributed by atoms with van der Waals surface area (Å²) >= 11 is 0. The maximum absolute atomic E-state index is 13.3. The van der Waals surface area contributed by atoms with Gasteiger partial charge in [0.05, 0.1) is 13.2 Å². The van der Waals surface area contributed by atoms with Gasteiger partial charge in [-0.2, -0.15) is 0 Å². The molecule has 4 rings (SSSR count). The van der Waals surface area contributed by atoms with Crippen LogP contribution in [0, 0.1) is 0 Å². The molecule has 2 aliphatic heterocycles. The van der Waals surface area contributed by atoms with Gasteiger partial charge in [0.2, 0.25) is 11.9 Å². The molecule has 2 saturated heterocycles. The highest BCUT2D eigenvalue weighted by atomic mass is 16.5. The molecule has 142 valence electrons. The number of aromatic nitrogens is 2. The molecule has 0 N–H and O–H groups in total. The summed E-state index contributed by atoms with van der Waals surface area (Å²) in [7, 11) is 0. The van der Waals surface area contributed by atoms with Gasteiger partial charge in [0.15, 0.2) is 0 Å². The molecule has 0 bridgehead atoms. The van der Waals surface area contributed by atoms with E-state index in [1.54, 1.807) is 12.4 Å².